The van der Waals surface area contributed by atoms with Crippen LogP contribution in [-0.2, 0) is 0 Å². The SMILES string of the molecule is Cc1ccncc1-c1noc(C2NCCCC2C)n1. The maximum Gasteiger partial charge on any atom is 0.244 e. The van der Waals surface area contributed by atoms with Gasteiger partial charge in [-0.3, -0.25) is 4.98 Å². The minimum atomic E-state index is 0.173. The van der Waals surface area contributed by atoms with Crippen LogP contribution < -0.4 is 5.32 Å². The number of rotatable bonds is 2. The highest BCUT2D eigenvalue weighted by Gasteiger charge is 2.27. The average Bonchev–Trinajstić information content (AvgIpc) is 2.89. The number of aryl methyl sites for hydroxylation is 1. The van der Waals surface area contributed by atoms with Gasteiger partial charge in [-0.15, -0.1) is 0 Å². The van der Waals surface area contributed by atoms with Crippen LogP contribution in [0.25, 0.3) is 11.4 Å². The number of hydrogen-bond donors (Lipinski definition) is 1. The molecule has 19 heavy (non-hydrogen) atoms. The number of nitrogens with zero attached hydrogens (tertiary/aromatic N) is 3. The van der Waals surface area contributed by atoms with Gasteiger partial charge in [-0.25, -0.2) is 0 Å². The Kier molecular flexibility index (Phi) is 3.29. The van der Waals surface area contributed by atoms with Gasteiger partial charge < -0.3 is 9.84 Å². The molecule has 0 spiro atoms. The highest BCUT2D eigenvalue weighted by atomic mass is 16.5. The molecule has 1 saturated heterocycles. The summed E-state index contributed by atoms with van der Waals surface area (Å²) in [6.45, 7) is 5.25. The van der Waals surface area contributed by atoms with Crippen LogP contribution in [0.15, 0.2) is 23.0 Å². The monoisotopic (exact) mass is 258 g/mol. The van der Waals surface area contributed by atoms with Crippen LogP contribution in [0.3, 0.4) is 0 Å². The zero-order chi connectivity index (χ0) is 13.2. The topological polar surface area (TPSA) is 63.8 Å². The van der Waals surface area contributed by atoms with E-state index in [4.69, 9.17) is 4.52 Å². The molecule has 5 nitrogen and oxygen atoms in total. The van der Waals surface area contributed by atoms with Crippen LogP contribution in [0.2, 0.25) is 0 Å². The molecule has 1 fully saturated rings. The zero-order valence-electron chi connectivity index (χ0n) is 11.3. The van der Waals surface area contributed by atoms with E-state index < -0.39 is 0 Å². The fourth-order valence-corrected chi connectivity index (χ4v) is 2.55. The molecular weight excluding hydrogens is 240 g/mol. The first-order chi connectivity index (χ1) is 9.25. The maximum absolute atomic E-state index is 5.43. The molecule has 3 rings (SSSR count). The summed E-state index contributed by atoms with van der Waals surface area (Å²) in [6, 6.07) is 2.12. The van der Waals surface area contributed by atoms with Crippen LogP contribution in [0.5, 0.6) is 0 Å². The first-order valence-electron chi connectivity index (χ1n) is 6.73. The second-order valence-electron chi connectivity index (χ2n) is 5.20. The van der Waals surface area contributed by atoms with Gasteiger partial charge >= 0.3 is 0 Å². The Balaban J connectivity index is 1.89. The van der Waals surface area contributed by atoms with E-state index >= 15 is 0 Å². The molecule has 1 aliphatic rings. The third kappa shape index (κ3) is 2.38. The molecule has 1 aliphatic heterocycles. The summed E-state index contributed by atoms with van der Waals surface area (Å²) < 4.78 is 5.43. The number of piperidine rings is 1. The quantitative estimate of drug-likeness (QED) is 0.896. The molecule has 100 valence electrons. The maximum atomic E-state index is 5.43. The molecule has 1 N–H and O–H groups in total. The van der Waals surface area contributed by atoms with Crippen LogP contribution in [0.1, 0.15) is 37.3 Å². The second-order valence-corrected chi connectivity index (χ2v) is 5.20. The van der Waals surface area contributed by atoms with Crippen molar-refractivity contribution < 1.29 is 4.52 Å². The molecule has 0 radical (unpaired) electrons. The van der Waals surface area contributed by atoms with E-state index in [9.17, 15) is 0 Å². The molecule has 0 aliphatic carbocycles. The van der Waals surface area contributed by atoms with E-state index in [0.717, 1.165) is 17.7 Å². The fraction of sp³-hybridized carbons (Fsp3) is 0.500. The summed E-state index contributed by atoms with van der Waals surface area (Å²) in [7, 11) is 0. The van der Waals surface area contributed by atoms with Crippen molar-refractivity contribution in [2.24, 2.45) is 5.92 Å². The molecule has 2 aromatic heterocycles. The largest absolute Gasteiger partial charge is 0.337 e. The van der Waals surface area contributed by atoms with Crippen LogP contribution in [0, 0.1) is 12.8 Å². The van der Waals surface area contributed by atoms with Crippen molar-refractivity contribution in [3.05, 3.63) is 29.9 Å². The van der Waals surface area contributed by atoms with Gasteiger partial charge in [-0.05, 0) is 43.9 Å². The number of aromatic nitrogens is 3. The normalized spacial score (nSPS) is 23.5. The second kappa shape index (κ2) is 5.09. The molecule has 2 atom stereocenters. The Labute approximate surface area is 112 Å². The Morgan fingerprint density at radius 3 is 3.11 bits per heavy atom. The minimum absolute atomic E-state index is 0.173. The molecule has 0 amide bonds. The predicted molar refractivity (Wildman–Crippen MR) is 71.4 cm³/mol. The smallest absolute Gasteiger partial charge is 0.244 e. The summed E-state index contributed by atoms with van der Waals surface area (Å²) in [5.41, 5.74) is 2.04. The summed E-state index contributed by atoms with van der Waals surface area (Å²) in [4.78, 5) is 8.66. The third-order valence-corrected chi connectivity index (χ3v) is 3.76. The van der Waals surface area contributed by atoms with Crippen LogP contribution in [0.4, 0.5) is 0 Å². The van der Waals surface area contributed by atoms with Crippen molar-refractivity contribution in [1.82, 2.24) is 20.4 Å². The van der Waals surface area contributed by atoms with E-state index in [0.29, 0.717) is 17.6 Å². The number of nitrogens with one attached hydrogen (secondary N) is 1. The summed E-state index contributed by atoms with van der Waals surface area (Å²) in [5, 5.41) is 7.54. The lowest BCUT2D eigenvalue weighted by Gasteiger charge is -2.26. The van der Waals surface area contributed by atoms with Crippen molar-refractivity contribution in [1.29, 1.82) is 0 Å². The lowest BCUT2D eigenvalue weighted by atomic mass is 9.93. The lowest BCUT2D eigenvalue weighted by Crippen LogP contribution is -2.33. The molecule has 3 heterocycles. The lowest BCUT2D eigenvalue weighted by molar-refractivity contribution is 0.239. The standard InChI is InChI=1S/C14H18N4O/c1-9-5-7-15-8-11(9)13-17-14(19-18-13)12-10(2)4-3-6-16-12/h5,7-8,10,12,16H,3-4,6H2,1-2H3. The highest BCUT2D eigenvalue weighted by molar-refractivity contribution is 5.57. The Bertz CT molecular complexity index is 566. The van der Waals surface area contributed by atoms with E-state index in [1.165, 1.54) is 12.8 Å². The van der Waals surface area contributed by atoms with Crippen LogP contribution in [-0.4, -0.2) is 21.7 Å². The molecule has 2 aromatic rings. The number of pyridine rings is 1. The van der Waals surface area contributed by atoms with Gasteiger partial charge in [0, 0.05) is 18.0 Å². The highest BCUT2D eigenvalue weighted by Crippen LogP contribution is 2.29. The van der Waals surface area contributed by atoms with E-state index in [1.54, 1.807) is 12.4 Å². The van der Waals surface area contributed by atoms with Gasteiger partial charge in [0.05, 0.1) is 6.04 Å². The van der Waals surface area contributed by atoms with Gasteiger partial charge in [0.1, 0.15) is 0 Å². The third-order valence-electron chi connectivity index (χ3n) is 3.76. The molecule has 0 saturated carbocycles. The molecule has 0 aromatic carbocycles. The Hall–Kier alpha value is -1.75. The van der Waals surface area contributed by atoms with Crippen molar-refractivity contribution in [2.45, 2.75) is 32.7 Å². The fourth-order valence-electron chi connectivity index (χ4n) is 2.55. The Morgan fingerprint density at radius 1 is 1.42 bits per heavy atom. The van der Waals surface area contributed by atoms with E-state index in [1.807, 2.05) is 13.0 Å². The molecule has 5 heteroatoms. The van der Waals surface area contributed by atoms with Gasteiger partial charge in [-0.2, -0.15) is 4.98 Å². The van der Waals surface area contributed by atoms with Gasteiger partial charge in [0.2, 0.25) is 11.7 Å². The van der Waals surface area contributed by atoms with E-state index in [2.05, 4.69) is 27.4 Å². The minimum Gasteiger partial charge on any atom is -0.337 e. The molecule has 2 unspecified atom stereocenters. The van der Waals surface area contributed by atoms with Gasteiger partial charge in [-0.1, -0.05) is 12.1 Å². The number of hydrogen-bond acceptors (Lipinski definition) is 5. The average molecular weight is 258 g/mol. The molecule has 0 bridgehead atoms. The van der Waals surface area contributed by atoms with Gasteiger partial charge in [0.25, 0.3) is 0 Å². The summed E-state index contributed by atoms with van der Waals surface area (Å²) in [5.74, 6) is 1.84. The van der Waals surface area contributed by atoms with Crippen molar-refractivity contribution in [3.8, 4) is 11.4 Å². The molecular formula is C14H18N4O. The first-order valence-corrected chi connectivity index (χ1v) is 6.73. The first kappa shape index (κ1) is 12.3. The summed E-state index contributed by atoms with van der Waals surface area (Å²) in [6.07, 6.45) is 5.95. The van der Waals surface area contributed by atoms with Gasteiger partial charge in [0.15, 0.2) is 0 Å². The summed E-state index contributed by atoms with van der Waals surface area (Å²) >= 11 is 0. The van der Waals surface area contributed by atoms with Crippen molar-refractivity contribution in [2.75, 3.05) is 6.54 Å². The van der Waals surface area contributed by atoms with E-state index in [-0.39, 0.29) is 6.04 Å². The van der Waals surface area contributed by atoms with Crippen molar-refractivity contribution >= 4 is 0 Å². The predicted octanol–water partition coefficient (Wildman–Crippen LogP) is 2.50. The zero-order valence-corrected chi connectivity index (χ0v) is 11.3. The van der Waals surface area contributed by atoms with Crippen molar-refractivity contribution in [3.63, 3.8) is 0 Å². The van der Waals surface area contributed by atoms with Crippen LogP contribution >= 0.6 is 0 Å². The Morgan fingerprint density at radius 2 is 2.32 bits per heavy atom.